The van der Waals surface area contributed by atoms with Gasteiger partial charge in [0, 0.05) is 36.9 Å². The Hall–Kier alpha value is -1.60. The van der Waals surface area contributed by atoms with Gasteiger partial charge in [0.2, 0.25) is 0 Å². The molecule has 1 heteroatoms. The average Bonchev–Trinajstić information content (AvgIpc) is 2.95. The van der Waals surface area contributed by atoms with Crippen molar-refractivity contribution in [2.45, 2.75) is 75.2 Å². The van der Waals surface area contributed by atoms with Gasteiger partial charge in [0.15, 0.2) is 0 Å². The van der Waals surface area contributed by atoms with Gasteiger partial charge in [-0.15, -0.1) is 0 Å². The number of rotatable bonds is 2. The molecule has 1 nitrogen and oxygen atoms in total. The Bertz CT molecular complexity index is 841. The minimum absolute atomic E-state index is 0.610. The van der Waals surface area contributed by atoms with Gasteiger partial charge in [0.1, 0.15) is 0 Å². The molecule has 4 aliphatic rings. The standard InChI is InChI=1S/C27H33N/c1-2-4-10-19(11-5-3-1)17-28-18-25-21-13-7-6-12-20(21)24-16-26(28)27(25)23-15-9-8-14-22(23)24/h6-9,12-15,19,24-27H,1-5,10-11,16-18H2. The Kier molecular flexibility index (Phi) is 4.33. The highest BCUT2D eigenvalue weighted by atomic mass is 15.2. The molecule has 1 aliphatic heterocycles. The van der Waals surface area contributed by atoms with Gasteiger partial charge in [0.25, 0.3) is 0 Å². The van der Waals surface area contributed by atoms with Gasteiger partial charge in [-0.3, -0.25) is 4.90 Å². The van der Waals surface area contributed by atoms with Crippen molar-refractivity contribution in [2.75, 3.05) is 13.1 Å². The van der Waals surface area contributed by atoms with E-state index in [9.17, 15) is 0 Å². The first kappa shape index (κ1) is 17.3. The van der Waals surface area contributed by atoms with Crippen molar-refractivity contribution in [3.63, 3.8) is 0 Å². The number of hydrogen-bond donors (Lipinski definition) is 0. The fourth-order valence-corrected chi connectivity index (χ4v) is 7.23. The first-order valence-electron chi connectivity index (χ1n) is 11.8. The summed E-state index contributed by atoms with van der Waals surface area (Å²) in [6.45, 7) is 2.64. The number of benzene rings is 2. The van der Waals surface area contributed by atoms with Crippen molar-refractivity contribution >= 4 is 0 Å². The summed E-state index contributed by atoms with van der Waals surface area (Å²) in [5.41, 5.74) is 6.60. The van der Waals surface area contributed by atoms with Gasteiger partial charge >= 0.3 is 0 Å². The highest BCUT2D eigenvalue weighted by molar-refractivity contribution is 5.53. The van der Waals surface area contributed by atoms with Crippen LogP contribution in [-0.2, 0) is 0 Å². The lowest BCUT2D eigenvalue weighted by Crippen LogP contribution is -2.39. The zero-order chi connectivity index (χ0) is 18.5. The van der Waals surface area contributed by atoms with Crippen LogP contribution in [0, 0.1) is 5.92 Å². The molecular formula is C27H33N. The fourth-order valence-electron chi connectivity index (χ4n) is 7.23. The van der Waals surface area contributed by atoms with Gasteiger partial charge in [-0.05, 0) is 47.4 Å². The van der Waals surface area contributed by atoms with Crippen LogP contribution in [0.15, 0.2) is 48.5 Å². The summed E-state index contributed by atoms with van der Waals surface area (Å²) in [6, 6.07) is 19.6. The van der Waals surface area contributed by atoms with Crippen LogP contribution in [0.1, 0.15) is 91.4 Å². The molecule has 1 saturated carbocycles. The van der Waals surface area contributed by atoms with Crippen LogP contribution in [0.2, 0.25) is 0 Å². The van der Waals surface area contributed by atoms with Crippen molar-refractivity contribution in [2.24, 2.45) is 5.92 Å². The predicted octanol–water partition coefficient (Wildman–Crippen LogP) is 6.45. The van der Waals surface area contributed by atoms with Gasteiger partial charge in [0.05, 0.1) is 0 Å². The van der Waals surface area contributed by atoms with E-state index in [0.717, 1.165) is 12.0 Å². The summed E-state index contributed by atoms with van der Waals surface area (Å²) >= 11 is 0. The molecule has 2 aromatic carbocycles. The molecule has 146 valence electrons. The summed E-state index contributed by atoms with van der Waals surface area (Å²) in [5, 5.41) is 0. The molecule has 0 amide bonds. The largest absolute Gasteiger partial charge is 0.299 e. The zero-order valence-electron chi connectivity index (χ0n) is 17.0. The normalized spacial score (nSPS) is 32.3. The molecule has 1 heterocycles. The summed E-state index contributed by atoms with van der Waals surface area (Å²) in [6.07, 6.45) is 11.6. The third-order valence-corrected chi connectivity index (χ3v) is 8.44. The maximum Gasteiger partial charge on any atom is 0.0180 e. The van der Waals surface area contributed by atoms with E-state index in [1.165, 1.54) is 64.5 Å². The van der Waals surface area contributed by atoms with E-state index in [1.54, 1.807) is 22.3 Å². The summed E-state index contributed by atoms with van der Waals surface area (Å²) < 4.78 is 0. The number of likely N-dealkylation sites (tertiary alicyclic amines) is 1. The lowest BCUT2D eigenvalue weighted by molar-refractivity contribution is 0.172. The van der Waals surface area contributed by atoms with Crippen molar-refractivity contribution in [3.05, 3.63) is 70.8 Å². The molecule has 0 aromatic heterocycles. The second-order valence-electron chi connectivity index (χ2n) is 9.91. The smallest absolute Gasteiger partial charge is 0.0180 e. The first-order valence-corrected chi connectivity index (χ1v) is 11.8. The van der Waals surface area contributed by atoms with E-state index < -0.39 is 0 Å². The van der Waals surface area contributed by atoms with E-state index in [1.807, 2.05) is 0 Å². The molecule has 3 aliphatic carbocycles. The van der Waals surface area contributed by atoms with Gasteiger partial charge < -0.3 is 0 Å². The Balaban J connectivity index is 1.36. The fraction of sp³-hybridized carbons (Fsp3) is 0.556. The van der Waals surface area contributed by atoms with Crippen molar-refractivity contribution in [1.29, 1.82) is 0 Å². The maximum absolute atomic E-state index is 2.94. The van der Waals surface area contributed by atoms with Crippen LogP contribution in [0.25, 0.3) is 0 Å². The molecule has 6 rings (SSSR count). The van der Waals surface area contributed by atoms with Crippen LogP contribution >= 0.6 is 0 Å². The van der Waals surface area contributed by atoms with Crippen LogP contribution in [-0.4, -0.2) is 24.0 Å². The Morgan fingerprint density at radius 2 is 1.32 bits per heavy atom. The molecule has 2 bridgehead atoms. The number of hydrogen-bond acceptors (Lipinski definition) is 1. The van der Waals surface area contributed by atoms with Crippen LogP contribution in [0.3, 0.4) is 0 Å². The van der Waals surface area contributed by atoms with E-state index in [0.29, 0.717) is 17.8 Å². The summed E-state index contributed by atoms with van der Waals surface area (Å²) in [7, 11) is 0. The molecule has 1 saturated heterocycles. The molecule has 0 spiro atoms. The quantitative estimate of drug-likeness (QED) is 0.586. The Labute approximate surface area is 170 Å². The van der Waals surface area contributed by atoms with Gasteiger partial charge in [-0.2, -0.15) is 0 Å². The highest BCUT2D eigenvalue weighted by Gasteiger charge is 2.51. The van der Waals surface area contributed by atoms with E-state index in [4.69, 9.17) is 0 Å². The predicted molar refractivity (Wildman–Crippen MR) is 116 cm³/mol. The molecule has 2 aromatic rings. The summed E-state index contributed by atoms with van der Waals surface area (Å²) in [4.78, 5) is 2.94. The van der Waals surface area contributed by atoms with Gasteiger partial charge in [-0.1, -0.05) is 80.6 Å². The molecule has 28 heavy (non-hydrogen) atoms. The van der Waals surface area contributed by atoms with Crippen molar-refractivity contribution in [1.82, 2.24) is 4.90 Å². The van der Waals surface area contributed by atoms with Crippen molar-refractivity contribution in [3.8, 4) is 0 Å². The Morgan fingerprint density at radius 3 is 2.07 bits per heavy atom. The third kappa shape index (κ3) is 2.70. The first-order chi connectivity index (χ1) is 13.9. The highest BCUT2D eigenvalue weighted by Crippen LogP contribution is 2.58. The maximum atomic E-state index is 2.94. The summed E-state index contributed by atoms with van der Waals surface area (Å²) in [5.74, 6) is 2.96. The Morgan fingerprint density at radius 1 is 0.714 bits per heavy atom. The zero-order valence-corrected chi connectivity index (χ0v) is 17.0. The van der Waals surface area contributed by atoms with E-state index in [-0.39, 0.29) is 0 Å². The molecule has 0 N–H and O–H groups in total. The minimum atomic E-state index is 0.610. The third-order valence-electron chi connectivity index (χ3n) is 8.44. The van der Waals surface area contributed by atoms with Crippen LogP contribution in [0.5, 0.6) is 0 Å². The number of fused-ring (bicyclic) bond motifs is 3. The second kappa shape index (κ2) is 7.02. The lowest BCUT2D eigenvalue weighted by atomic mass is 9.73. The molecule has 4 atom stereocenters. The van der Waals surface area contributed by atoms with E-state index >= 15 is 0 Å². The monoisotopic (exact) mass is 371 g/mol. The lowest BCUT2D eigenvalue weighted by Gasteiger charge is -2.38. The second-order valence-corrected chi connectivity index (χ2v) is 9.91. The van der Waals surface area contributed by atoms with Gasteiger partial charge in [-0.25, -0.2) is 0 Å². The van der Waals surface area contributed by atoms with Crippen LogP contribution in [0.4, 0.5) is 0 Å². The molecular weight excluding hydrogens is 338 g/mol. The topological polar surface area (TPSA) is 3.24 Å². The number of nitrogens with zero attached hydrogens (tertiary/aromatic N) is 1. The molecule has 0 radical (unpaired) electrons. The molecule has 4 unspecified atom stereocenters. The minimum Gasteiger partial charge on any atom is -0.299 e. The van der Waals surface area contributed by atoms with Crippen molar-refractivity contribution < 1.29 is 0 Å². The van der Waals surface area contributed by atoms with E-state index in [2.05, 4.69) is 53.4 Å². The van der Waals surface area contributed by atoms with Crippen LogP contribution < -0.4 is 0 Å². The molecule has 2 fully saturated rings. The SMILES string of the molecule is c1ccc2c(c1)C1CC3C(c4ccccc41)C2CN3CC1CCCCCCC1. The average molecular weight is 372 g/mol.